The molecule has 1 aliphatic rings. The Kier molecular flexibility index (Phi) is 3.27. The maximum atomic E-state index is 11.5. The molecule has 0 amide bonds. The summed E-state index contributed by atoms with van der Waals surface area (Å²) in [5.41, 5.74) is 0.472. The largest absolute Gasteiger partial charge is 0.456 e. The lowest BCUT2D eigenvalue weighted by molar-refractivity contribution is -0.159. The monoisotopic (exact) mass is 210 g/mol. The molecular formula is C13H22O2. The van der Waals surface area contributed by atoms with E-state index in [0.29, 0.717) is 5.57 Å². The van der Waals surface area contributed by atoms with Gasteiger partial charge in [-0.1, -0.05) is 20.4 Å². The number of esters is 1. The topological polar surface area (TPSA) is 26.3 Å². The zero-order chi connectivity index (χ0) is 11.7. The van der Waals surface area contributed by atoms with Crippen LogP contribution in [0.5, 0.6) is 0 Å². The van der Waals surface area contributed by atoms with Crippen molar-refractivity contribution in [3.8, 4) is 0 Å². The molecule has 1 rings (SSSR count). The van der Waals surface area contributed by atoms with Crippen molar-refractivity contribution in [2.75, 3.05) is 0 Å². The molecule has 0 heterocycles. The molecule has 0 spiro atoms. The first-order chi connectivity index (χ1) is 6.74. The first-order valence-electron chi connectivity index (χ1n) is 5.63. The Morgan fingerprint density at radius 1 is 1.27 bits per heavy atom. The molecule has 15 heavy (non-hydrogen) atoms. The van der Waals surface area contributed by atoms with Crippen molar-refractivity contribution < 1.29 is 9.53 Å². The van der Waals surface area contributed by atoms with Crippen LogP contribution in [0.4, 0.5) is 0 Å². The molecule has 1 aliphatic carbocycles. The predicted octanol–water partition coefficient (Wildman–Crippen LogP) is 3.46. The van der Waals surface area contributed by atoms with E-state index in [0.717, 1.165) is 19.3 Å². The molecule has 0 N–H and O–H groups in total. The standard InChI is InChI=1S/C13H22O2/c1-10(2)11(14)15-13(5)8-6-7-12(3,4)9-13/h1,6-9H2,2-5H3. The van der Waals surface area contributed by atoms with Crippen LogP contribution in [0.15, 0.2) is 12.2 Å². The Labute approximate surface area is 92.7 Å². The average molecular weight is 210 g/mol. The number of rotatable bonds is 2. The van der Waals surface area contributed by atoms with Crippen LogP contribution < -0.4 is 0 Å². The molecule has 86 valence electrons. The molecule has 0 aromatic heterocycles. The molecule has 0 saturated heterocycles. The molecule has 2 heteroatoms. The molecule has 1 saturated carbocycles. The fraction of sp³-hybridized carbons (Fsp3) is 0.769. The molecule has 0 bridgehead atoms. The van der Waals surface area contributed by atoms with E-state index in [4.69, 9.17) is 4.74 Å². The predicted molar refractivity (Wildman–Crippen MR) is 61.6 cm³/mol. The second-order valence-electron chi connectivity index (χ2n) is 5.81. The molecule has 2 nitrogen and oxygen atoms in total. The van der Waals surface area contributed by atoms with E-state index in [1.807, 2.05) is 6.92 Å². The summed E-state index contributed by atoms with van der Waals surface area (Å²) in [6.45, 7) is 11.8. The van der Waals surface area contributed by atoms with Gasteiger partial charge >= 0.3 is 5.97 Å². The lowest BCUT2D eigenvalue weighted by atomic mass is 9.70. The quantitative estimate of drug-likeness (QED) is 0.515. The Morgan fingerprint density at radius 3 is 2.33 bits per heavy atom. The van der Waals surface area contributed by atoms with Crippen molar-refractivity contribution in [1.82, 2.24) is 0 Å². The van der Waals surface area contributed by atoms with Gasteiger partial charge < -0.3 is 4.74 Å². The zero-order valence-electron chi connectivity index (χ0n) is 10.4. The summed E-state index contributed by atoms with van der Waals surface area (Å²) in [6.07, 6.45) is 4.26. The van der Waals surface area contributed by atoms with Crippen LogP contribution in [0.2, 0.25) is 0 Å². The minimum atomic E-state index is -0.294. The third kappa shape index (κ3) is 3.37. The minimum Gasteiger partial charge on any atom is -0.456 e. The van der Waals surface area contributed by atoms with Crippen molar-refractivity contribution in [3.05, 3.63) is 12.2 Å². The minimum absolute atomic E-state index is 0.254. The normalized spacial score (nSPS) is 29.6. The fourth-order valence-corrected chi connectivity index (χ4v) is 2.53. The maximum Gasteiger partial charge on any atom is 0.333 e. The summed E-state index contributed by atoms with van der Waals surface area (Å²) >= 11 is 0. The summed E-state index contributed by atoms with van der Waals surface area (Å²) in [4.78, 5) is 11.5. The third-order valence-electron chi connectivity index (χ3n) is 3.10. The highest BCUT2D eigenvalue weighted by atomic mass is 16.6. The Bertz CT molecular complexity index is 278. The Hall–Kier alpha value is -0.790. The van der Waals surface area contributed by atoms with E-state index < -0.39 is 0 Å². The number of carbonyl (C=O) groups is 1. The first-order valence-corrected chi connectivity index (χ1v) is 5.63. The van der Waals surface area contributed by atoms with Gasteiger partial charge in [0.05, 0.1) is 0 Å². The van der Waals surface area contributed by atoms with Gasteiger partial charge in [-0.2, -0.15) is 0 Å². The van der Waals surface area contributed by atoms with Gasteiger partial charge in [0.2, 0.25) is 0 Å². The second-order valence-corrected chi connectivity index (χ2v) is 5.81. The van der Waals surface area contributed by atoms with Gasteiger partial charge in [-0.05, 0) is 44.9 Å². The third-order valence-corrected chi connectivity index (χ3v) is 3.10. The molecule has 0 radical (unpaired) electrons. The number of hydrogen-bond acceptors (Lipinski definition) is 2. The summed E-state index contributed by atoms with van der Waals surface area (Å²) in [7, 11) is 0. The smallest absolute Gasteiger partial charge is 0.333 e. The van der Waals surface area contributed by atoms with Crippen molar-refractivity contribution in [2.45, 2.75) is 59.0 Å². The summed E-state index contributed by atoms with van der Waals surface area (Å²) in [5, 5.41) is 0. The molecule has 0 aromatic carbocycles. The zero-order valence-corrected chi connectivity index (χ0v) is 10.4. The molecular weight excluding hydrogens is 188 g/mol. The van der Waals surface area contributed by atoms with E-state index in [-0.39, 0.29) is 17.0 Å². The Morgan fingerprint density at radius 2 is 1.87 bits per heavy atom. The number of hydrogen-bond donors (Lipinski definition) is 0. The van der Waals surface area contributed by atoms with Gasteiger partial charge in [0, 0.05) is 5.57 Å². The maximum absolute atomic E-state index is 11.5. The van der Waals surface area contributed by atoms with Crippen molar-refractivity contribution in [1.29, 1.82) is 0 Å². The van der Waals surface area contributed by atoms with Gasteiger partial charge in [0.1, 0.15) is 5.60 Å². The van der Waals surface area contributed by atoms with E-state index in [2.05, 4.69) is 20.4 Å². The van der Waals surface area contributed by atoms with Crippen LogP contribution in [0.3, 0.4) is 0 Å². The van der Waals surface area contributed by atoms with Crippen LogP contribution in [-0.4, -0.2) is 11.6 Å². The fourth-order valence-electron chi connectivity index (χ4n) is 2.53. The SMILES string of the molecule is C=C(C)C(=O)OC1(C)CCCC(C)(C)C1. The summed E-state index contributed by atoms with van der Waals surface area (Å²) in [5.74, 6) is -0.254. The van der Waals surface area contributed by atoms with Gasteiger partial charge in [-0.3, -0.25) is 0 Å². The highest BCUT2D eigenvalue weighted by molar-refractivity contribution is 5.87. The first kappa shape index (κ1) is 12.3. The van der Waals surface area contributed by atoms with Crippen molar-refractivity contribution in [3.63, 3.8) is 0 Å². The highest BCUT2D eigenvalue weighted by Crippen LogP contribution is 2.42. The van der Waals surface area contributed by atoms with Gasteiger partial charge in [-0.15, -0.1) is 0 Å². The van der Waals surface area contributed by atoms with Crippen LogP contribution in [0, 0.1) is 5.41 Å². The summed E-state index contributed by atoms with van der Waals surface area (Å²) < 4.78 is 5.54. The van der Waals surface area contributed by atoms with E-state index in [1.54, 1.807) is 6.92 Å². The van der Waals surface area contributed by atoms with Crippen LogP contribution in [-0.2, 0) is 9.53 Å². The average Bonchev–Trinajstić information content (AvgIpc) is 1.99. The molecule has 1 unspecified atom stereocenters. The molecule has 1 atom stereocenters. The van der Waals surface area contributed by atoms with E-state index in [1.165, 1.54) is 6.42 Å². The van der Waals surface area contributed by atoms with Crippen LogP contribution >= 0.6 is 0 Å². The molecule has 0 aromatic rings. The Balaban J connectivity index is 2.66. The second kappa shape index (κ2) is 3.99. The van der Waals surface area contributed by atoms with E-state index in [9.17, 15) is 4.79 Å². The summed E-state index contributed by atoms with van der Waals surface area (Å²) in [6, 6.07) is 0. The number of ether oxygens (including phenoxy) is 1. The van der Waals surface area contributed by atoms with E-state index >= 15 is 0 Å². The van der Waals surface area contributed by atoms with Crippen molar-refractivity contribution in [2.24, 2.45) is 5.41 Å². The van der Waals surface area contributed by atoms with Crippen LogP contribution in [0.1, 0.15) is 53.4 Å². The number of carbonyl (C=O) groups excluding carboxylic acids is 1. The van der Waals surface area contributed by atoms with Crippen LogP contribution in [0.25, 0.3) is 0 Å². The van der Waals surface area contributed by atoms with Gasteiger partial charge in [-0.25, -0.2) is 4.79 Å². The lowest BCUT2D eigenvalue weighted by Gasteiger charge is -2.42. The lowest BCUT2D eigenvalue weighted by Crippen LogP contribution is -2.40. The molecule has 0 aliphatic heterocycles. The molecule has 1 fully saturated rings. The van der Waals surface area contributed by atoms with Crippen molar-refractivity contribution >= 4 is 5.97 Å². The van der Waals surface area contributed by atoms with Gasteiger partial charge in [0.15, 0.2) is 0 Å². The highest BCUT2D eigenvalue weighted by Gasteiger charge is 2.39. The van der Waals surface area contributed by atoms with Gasteiger partial charge in [0.25, 0.3) is 0 Å².